The number of hydrogen-bond donors (Lipinski definition) is 0. The van der Waals surface area contributed by atoms with Gasteiger partial charge in [0, 0.05) is 0 Å². The molecule has 3 heteroatoms. The van der Waals surface area contributed by atoms with Crippen LogP contribution in [0.4, 0.5) is 0 Å². The van der Waals surface area contributed by atoms with E-state index in [0.29, 0.717) is 0 Å². The van der Waals surface area contributed by atoms with Crippen LogP contribution in [0.1, 0.15) is 5.56 Å². The van der Waals surface area contributed by atoms with E-state index >= 15 is 0 Å². The van der Waals surface area contributed by atoms with E-state index in [1.165, 1.54) is 16.5 Å². The quantitative estimate of drug-likeness (QED) is 0.551. The lowest BCUT2D eigenvalue weighted by Crippen LogP contribution is -2.43. The van der Waals surface area contributed by atoms with E-state index in [9.17, 15) is 0 Å². The zero-order chi connectivity index (χ0) is 16.7. The van der Waals surface area contributed by atoms with E-state index in [2.05, 4.69) is 31.4 Å². The van der Waals surface area contributed by atoms with Crippen molar-refractivity contribution in [3.05, 3.63) is 73.3 Å². The second-order valence-electron chi connectivity index (χ2n) is 5.37. The van der Waals surface area contributed by atoms with Gasteiger partial charge in [0.1, 0.15) is 11.5 Å². The summed E-state index contributed by atoms with van der Waals surface area (Å²) in [4.78, 5) is 0. The van der Waals surface area contributed by atoms with Gasteiger partial charge in [0.2, 0.25) is 6.71 Å². The predicted octanol–water partition coefficient (Wildman–Crippen LogP) is 3.23. The molecule has 23 heavy (non-hydrogen) atoms. The largest absolute Gasteiger partial charge is 0.497 e. The van der Waals surface area contributed by atoms with Gasteiger partial charge in [0.25, 0.3) is 0 Å². The minimum atomic E-state index is 0.215. The first-order valence-electron chi connectivity index (χ1n) is 7.76. The van der Waals surface area contributed by atoms with Crippen molar-refractivity contribution in [3.63, 3.8) is 0 Å². The Morgan fingerprint density at radius 1 is 1.00 bits per heavy atom. The first-order chi connectivity index (χ1) is 11.2. The second kappa shape index (κ2) is 8.28. The normalized spacial score (nSPS) is 10.0. The van der Waals surface area contributed by atoms with Crippen LogP contribution in [-0.4, -0.2) is 20.9 Å². The molecule has 0 aromatic heterocycles. The van der Waals surface area contributed by atoms with Gasteiger partial charge in [-0.1, -0.05) is 47.3 Å². The summed E-state index contributed by atoms with van der Waals surface area (Å²) in [6, 6.07) is 14.4. The van der Waals surface area contributed by atoms with E-state index in [-0.39, 0.29) is 6.71 Å². The molecule has 0 bridgehead atoms. The number of ether oxygens (including phenoxy) is 2. The van der Waals surface area contributed by atoms with Crippen LogP contribution in [0.3, 0.4) is 0 Å². The summed E-state index contributed by atoms with van der Waals surface area (Å²) in [5.74, 6) is 1.77. The van der Waals surface area contributed by atoms with E-state index < -0.39 is 0 Å². The monoisotopic (exact) mass is 306 g/mol. The number of methoxy groups -OCH3 is 2. The molecule has 0 fully saturated rings. The third-order valence-corrected chi connectivity index (χ3v) is 4.01. The second-order valence-corrected chi connectivity index (χ2v) is 5.37. The molecule has 2 nitrogen and oxygen atoms in total. The summed E-state index contributed by atoms with van der Waals surface area (Å²) in [5, 5.41) is 0. The molecule has 118 valence electrons. The smallest absolute Gasteiger partial charge is 0.213 e. The molecule has 0 heterocycles. The van der Waals surface area contributed by atoms with Crippen molar-refractivity contribution < 1.29 is 9.47 Å². The average Bonchev–Trinajstić information content (AvgIpc) is 2.60. The molecule has 0 amide bonds. The Morgan fingerprint density at radius 3 is 2.43 bits per heavy atom. The highest BCUT2D eigenvalue weighted by atomic mass is 16.5. The molecule has 0 spiro atoms. The Kier molecular flexibility index (Phi) is 6.10. The minimum Gasteiger partial charge on any atom is -0.497 e. The SMILES string of the molecule is C=CCB(c1cccc(OC)c1)c1cccc(OC)c1CC=C. The minimum absolute atomic E-state index is 0.215. The molecule has 2 aromatic carbocycles. The van der Waals surface area contributed by atoms with Gasteiger partial charge in [-0.3, -0.25) is 0 Å². The van der Waals surface area contributed by atoms with Crippen molar-refractivity contribution in [2.45, 2.75) is 12.7 Å². The molecule has 0 saturated heterocycles. The van der Waals surface area contributed by atoms with Crippen LogP contribution in [0.2, 0.25) is 6.32 Å². The Labute approximate surface area is 139 Å². The molecule has 0 N–H and O–H groups in total. The van der Waals surface area contributed by atoms with Gasteiger partial charge in [-0.15, -0.1) is 13.2 Å². The molecule has 0 saturated carbocycles. The lowest BCUT2D eigenvalue weighted by atomic mass is 9.38. The molecule has 0 atom stereocenters. The third kappa shape index (κ3) is 3.86. The maximum Gasteiger partial charge on any atom is 0.213 e. The average molecular weight is 306 g/mol. The maximum absolute atomic E-state index is 5.55. The van der Waals surface area contributed by atoms with Crippen LogP contribution in [0.15, 0.2) is 67.8 Å². The lowest BCUT2D eigenvalue weighted by molar-refractivity contribution is 0.411. The van der Waals surface area contributed by atoms with E-state index in [1.54, 1.807) is 14.2 Å². The number of rotatable bonds is 8. The Hall–Kier alpha value is -2.42. The molecule has 0 aliphatic carbocycles. The van der Waals surface area contributed by atoms with Crippen LogP contribution >= 0.6 is 0 Å². The molecule has 2 rings (SSSR count). The zero-order valence-electron chi connectivity index (χ0n) is 13.9. The summed E-state index contributed by atoms with van der Waals surface area (Å²) >= 11 is 0. The summed E-state index contributed by atoms with van der Waals surface area (Å²) in [6.07, 6.45) is 5.50. The zero-order valence-corrected chi connectivity index (χ0v) is 13.9. The van der Waals surface area contributed by atoms with Gasteiger partial charge >= 0.3 is 0 Å². The van der Waals surface area contributed by atoms with Gasteiger partial charge < -0.3 is 9.47 Å². The van der Waals surface area contributed by atoms with E-state index in [0.717, 1.165) is 24.2 Å². The highest BCUT2D eigenvalue weighted by molar-refractivity contribution is 6.85. The summed E-state index contributed by atoms with van der Waals surface area (Å²) in [5.41, 5.74) is 3.64. The molecular formula is C20H23BO2. The molecule has 0 unspecified atom stereocenters. The third-order valence-electron chi connectivity index (χ3n) is 4.01. The van der Waals surface area contributed by atoms with Crippen LogP contribution in [0.25, 0.3) is 0 Å². The molecule has 0 aliphatic rings. The van der Waals surface area contributed by atoms with Gasteiger partial charge in [0.05, 0.1) is 14.2 Å². The first-order valence-corrected chi connectivity index (χ1v) is 7.76. The number of allylic oxidation sites excluding steroid dienone is 2. The maximum atomic E-state index is 5.55. The molecule has 0 aliphatic heterocycles. The van der Waals surface area contributed by atoms with E-state index in [4.69, 9.17) is 9.47 Å². The van der Waals surface area contributed by atoms with E-state index in [1.807, 2.05) is 36.4 Å². The Morgan fingerprint density at radius 2 is 1.78 bits per heavy atom. The number of benzene rings is 2. The van der Waals surface area contributed by atoms with Crippen molar-refractivity contribution >= 4 is 17.6 Å². The Balaban J connectivity index is 2.56. The summed E-state index contributed by atoms with van der Waals surface area (Å²) < 4.78 is 10.9. The lowest BCUT2D eigenvalue weighted by Gasteiger charge is -2.19. The van der Waals surface area contributed by atoms with Gasteiger partial charge in [0.15, 0.2) is 0 Å². The van der Waals surface area contributed by atoms with Crippen LogP contribution in [-0.2, 0) is 6.42 Å². The summed E-state index contributed by atoms with van der Waals surface area (Å²) in [6.45, 7) is 8.03. The van der Waals surface area contributed by atoms with Crippen molar-refractivity contribution in [2.24, 2.45) is 0 Å². The standard InChI is InChI=1S/C20H23BO2/c1-5-9-18-19(12-8-13-20(18)23-4)21(14-6-2)16-10-7-11-17(15-16)22-3/h5-8,10-13,15H,1-2,9,14H2,3-4H3. The Bertz CT molecular complexity index is 679. The van der Waals surface area contributed by atoms with Crippen molar-refractivity contribution in [1.82, 2.24) is 0 Å². The molecular weight excluding hydrogens is 283 g/mol. The van der Waals surface area contributed by atoms with Crippen molar-refractivity contribution in [1.29, 1.82) is 0 Å². The van der Waals surface area contributed by atoms with Gasteiger partial charge in [-0.2, -0.15) is 0 Å². The fourth-order valence-electron chi connectivity index (χ4n) is 2.93. The topological polar surface area (TPSA) is 18.5 Å². The fraction of sp³-hybridized carbons (Fsp3) is 0.200. The molecule has 0 radical (unpaired) electrons. The van der Waals surface area contributed by atoms with Crippen molar-refractivity contribution in [2.75, 3.05) is 14.2 Å². The van der Waals surface area contributed by atoms with Crippen LogP contribution in [0, 0.1) is 0 Å². The van der Waals surface area contributed by atoms with Gasteiger partial charge in [-0.25, -0.2) is 0 Å². The summed E-state index contributed by atoms with van der Waals surface area (Å²) in [7, 11) is 3.40. The highest BCUT2D eigenvalue weighted by Crippen LogP contribution is 2.19. The first kappa shape index (κ1) is 16.9. The van der Waals surface area contributed by atoms with Crippen LogP contribution in [0.5, 0.6) is 11.5 Å². The predicted molar refractivity (Wildman–Crippen MR) is 99.9 cm³/mol. The van der Waals surface area contributed by atoms with Crippen LogP contribution < -0.4 is 20.4 Å². The highest BCUT2D eigenvalue weighted by Gasteiger charge is 2.22. The number of hydrogen-bond acceptors (Lipinski definition) is 2. The fourth-order valence-corrected chi connectivity index (χ4v) is 2.93. The van der Waals surface area contributed by atoms with Gasteiger partial charge in [-0.05, 0) is 36.5 Å². The molecule has 2 aromatic rings. The van der Waals surface area contributed by atoms with Crippen molar-refractivity contribution in [3.8, 4) is 11.5 Å².